The molecule has 0 amide bonds. The number of esters is 1. The molecule has 3 aromatic rings. The molecular weight excluding hydrogens is 395 g/mol. The van der Waals surface area contributed by atoms with Crippen molar-refractivity contribution in [2.75, 3.05) is 19.0 Å². The fourth-order valence-corrected chi connectivity index (χ4v) is 3.16. The van der Waals surface area contributed by atoms with Gasteiger partial charge in [0.25, 0.3) is 0 Å². The number of anilines is 1. The van der Waals surface area contributed by atoms with Crippen LogP contribution >= 0.6 is 11.6 Å². The Morgan fingerprint density at radius 3 is 2.64 bits per heavy atom. The lowest BCUT2D eigenvalue weighted by Crippen LogP contribution is -2.08. The van der Waals surface area contributed by atoms with Crippen molar-refractivity contribution >= 4 is 34.2 Å². The van der Waals surface area contributed by atoms with E-state index in [-0.39, 0.29) is 5.02 Å². The van der Waals surface area contributed by atoms with Crippen molar-refractivity contribution in [1.29, 1.82) is 0 Å². The van der Waals surface area contributed by atoms with Crippen molar-refractivity contribution in [3.63, 3.8) is 0 Å². The van der Waals surface area contributed by atoms with E-state index in [4.69, 9.17) is 16.3 Å². The predicted molar refractivity (Wildman–Crippen MR) is 101 cm³/mol. The summed E-state index contributed by atoms with van der Waals surface area (Å²) in [4.78, 5) is 11.7. The summed E-state index contributed by atoms with van der Waals surface area (Å²) < 4.78 is 44.5. The average molecular weight is 412 g/mol. The lowest BCUT2D eigenvalue weighted by atomic mass is 10.1. The van der Waals surface area contributed by atoms with Gasteiger partial charge >= 0.3 is 12.1 Å². The Morgan fingerprint density at radius 1 is 1.25 bits per heavy atom. The minimum Gasteiger partial charge on any atom is -0.465 e. The predicted octanol–water partition coefficient (Wildman–Crippen LogP) is 4.69. The number of nitrogens with zero attached hydrogens (tertiary/aromatic N) is 2. The van der Waals surface area contributed by atoms with Gasteiger partial charge in [-0.25, -0.2) is 4.79 Å². The number of alkyl halides is 3. The van der Waals surface area contributed by atoms with Crippen LogP contribution in [-0.2, 0) is 24.4 Å². The van der Waals surface area contributed by atoms with E-state index in [1.54, 1.807) is 29.9 Å². The highest BCUT2D eigenvalue weighted by atomic mass is 35.5. The molecule has 9 heteroatoms. The number of ether oxygens (including phenoxy) is 1. The standard InChI is InChI=1S/C19H17ClF3N3O2/c1-26-17-9-11(18(27)28-2)3-5-13(17)15(25-26)7-8-24-16-6-4-12(10-14(16)20)19(21,22)23/h3-6,9-10,24H,7-8H2,1-2H3. The van der Waals surface area contributed by atoms with Gasteiger partial charge in [0.1, 0.15) is 0 Å². The van der Waals surface area contributed by atoms with Crippen LogP contribution in [-0.4, -0.2) is 29.4 Å². The Morgan fingerprint density at radius 2 is 2.00 bits per heavy atom. The van der Waals surface area contributed by atoms with E-state index in [0.29, 0.717) is 24.2 Å². The van der Waals surface area contributed by atoms with Crippen molar-refractivity contribution in [2.45, 2.75) is 12.6 Å². The van der Waals surface area contributed by atoms with E-state index in [1.807, 2.05) is 0 Å². The third-order valence-electron chi connectivity index (χ3n) is 4.32. The summed E-state index contributed by atoms with van der Waals surface area (Å²) in [6.45, 7) is 0.427. The van der Waals surface area contributed by atoms with Crippen molar-refractivity contribution in [2.24, 2.45) is 7.05 Å². The van der Waals surface area contributed by atoms with Crippen LogP contribution in [0.2, 0.25) is 5.02 Å². The minimum atomic E-state index is -4.43. The van der Waals surface area contributed by atoms with Gasteiger partial charge in [-0.1, -0.05) is 17.7 Å². The number of aromatic nitrogens is 2. The van der Waals surface area contributed by atoms with Crippen LogP contribution in [0, 0.1) is 0 Å². The molecule has 148 valence electrons. The van der Waals surface area contributed by atoms with Crippen LogP contribution in [0.25, 0.3) is 10.9 Å². The van der Waals surface area contributed by atoms with Gasteiger partial charge in [0.15, 0.2) is 0 Å². The summed E-state index contributed by atoms with van der Waals surface area (Å²) >= 11 is 5.95. The highest BCUT2D eigenvalue weighted by Crippen LogP contribution is 2.33. The fourth-order valence-electron chi connectivity index (χ4n) is 2.91. The summed E-state index contributed by atoms with van der Waals surface area (Å²) in [5.41, 5.74) is 1.64. The van der Waals surface area contributed by atoms with E-state index in [9.17, 15) is 18.0 Å². The number of rotatable bonds is 5. The number of methoxy groups -OCH3 is 1. The number of halogens is 4. The number of fused-ring (bicyclic) bond motifs is 1. The molecule has 0 bridgehead atoms. The number of hydrogen-bond donors (Lipinski definition) is 1. The molecule has 5 nitrogen and oxygen atoms in total. The van der Waals surface area contributed by atoms with Crippen LogP contribution in [0.5, 0.6) is 0 Å². The average Bonchev–Trinajstić information content (AvgIpc) is 2.97. The second-order valence-electron chi connectivity index (χ2n) is 6.16. The Bertz CT molecular complexity index is 1030. The summed E-state index contributed by atoms with van der Waals surface area (Å²) in [6.07, 6.45) is -3.91. The first-order valence-corrected chi connectivity index (χ1v) is 8.73. The maximum absolute atomic E-state index is 12.7. The van der Waals surface area contributed by atoms with Gasteiger partial charge < -0.3 is 10.1 Å². The molecule has 0 aliphatic heterocycles. The molecule has 0 fully saturated rings. The molecule has 0 saturated carbocycles. The maximum Gasteiger partial charge on any atom is 0.416 e. The fraction of sp³-hybridized carbons (Fsp3) is 0.263. The van der Waals surface area contributed by atoms with Crippen molar-refractivity contribution in [3.05, 3.63) is 58.2 Å². The lowest BCUT2D eigenvalue weighted by Gasteiger charge is -2.11. The third kappa shape index (κ3) is 4.06. The van der Waals surface area contributed by atoms with Gasteiger partial charge in [-0.05, 0) is 30.3 Å². The summed E-state index contributed by atoms with van der Waals surface area (Å²) in [6, 6.07) is 8.36. The highest BCUT2D eigenvalue weighted by molar-refractivity contribution is 6.33. The molecule has 0 unspecified atom stereocenters. The first-order valence-electron chi connectivity index (χ1n) is 8.35. The monoisotopic (exact) mass is 411 g/mol. The molecule has 0 atom stereocenters. The molecule has 2 aromatic carbocycles. The van der Waals surface area contributed by atoms with Crippen molar-refractivity contribution in [1.82, 2.24) is 9.78 Å². The Labute approximate surface area is 164 Å². The van der Waals surface area contributed by atoms with Crippen LogP contribution < -0.4 is 5.32 Å². The van der Waals surface area contributed by atoms with E-state index in [0.717, 1.165) is 28.7 Å². The highest BCUT2D eigenvalue weighted by Gasteiger charge is 2.30. The van der Waals surface area contributed by atoms with Gasteiger partial charge in [-0.15, -0.1) is 0 Å². The first kappa shape index (κ1) is 20.0. The first-order chi connectivity index (χ1) is 13.2. The molecule has 0 aliphatic rings. The van der Waals surface area contributed by atoms with Crippen LogP contribution in [0.1, 0.15) is 21.6 Å². The zero-order valence-electron chi connectivity index (χ0n) is 15.1. The molecule has 0 radical (unpaired) electrons. The number of benzene rings is 2. The Hall–Kier alpha value is -2.74. The molecule has 1 heterocycles. The second kappa shape index (κ2) is 7.71. The van der Waals surface area contributed by atoms with Gasteiger partial charge in [0, 0.05) is 25.4 Å². The van der Waals surface area contributed by atoms with Crippen LogP contribution in [0.15, 0.2) is 36.4 Å². The van der Waals surface area contributed by atoms with E-state index >= 15 is 0 Å². The number of carbonyl (C=O) groups excluding carboxylic acids is 1. The molecular formula is C19H17ClF3N3O2. The van der Waals surface area contributed by atoms with Gasteiger partial charge in [-0.2, -0.15) is 18.3 Å². The van der Waals surface area contributed by atoms with Gasteiger partial charge in [0.05, 0.1) is 40.2 Å². The van der Waals surface area contributed by atoms with Gasteiger partial charge in [-0.3, -0.25) is 4.68 Å². The smallest absolute Gasteiger partial charge is 0.416 e. The van der Waals surface area contributed by atoms with E-state index in [1.165, 1.54) is 13.2 Å². The largest absolute Gasteiger partial charge is 0.465 e. The number of nitrogens with one attached hydrogen (secondary N) is 1. The van der Waals surface area contributed by atoms with Crippen LogP contribution in [0.3, 0.4) is 0 Å². The van der Waals surface area contributed by atoms with Crippen molar-refractivity contribution in [3.8, 4) is 0 Å². The number of carbonyl (C=O) groups is 1. The Balaban J connectivity index is 1.73. The normalized spacial score (nSPS) is 11.6. The molecule has 28 heavy (non-hydrogen) atoms. The third-order valence-corrected chi connectivity index (χ3v) is 4.64. The molecule has 1 N–H and O–H groups in total. The van der Waals surface area contributed by atoms with E-state index < -0.39 is 17.7 Å². The number of aryl methyl sites for hydroxylation is 1. The molecule has 0 spiro atoms. The molecule has 3 rings (SSSR count). The Kier molecular flexibility index (Phi) is 5.51. The van der Waals surface area contributed by atoms with Crippen LogP contribution in [0.4, 0.5) is 18.9 Å². The quantitative estimate of drug-likeness (QED) is 0.619. The topological polar surface area (TPSA) is 56.1 Å². The summed E-state index contributed by atoms with van der Waals surface area (Å²) in [5, 5.41) is 8.38. The van der Waals surface area contributed by atoms with Gasteiger partial charge in [0.2, 0.25) is 0 Å². The molecule has 0 saturated heterocycles. The van der Waals surface area contributed by atoms with E-state index in [2.05, 4.69) is 10.4 Å². The minimum absolute atomic E-state index is 0.00317. The number of hydrogen-bond acceptors (Lipinski definition) is 4. The maximum atomic E-state index is 12.7. The SMILES string of the molecule is COC(=O)c1ccc2c(CCNc3ccc(C(F)(F)F)cc3Cl)nn(C)c2c1. The lowest BCUT2D eigenvalue weighted by molar-refractivity contribution is -0.137. The molecule has 0 aliphatic carbocycles. The van der Waals surface area contributed by atoms with Crippen molar-refractivity contribution < 1.29 is 22.7 Å². The molecule has 1 aromatic heterocycles. The zero-order chi connectivity index (χ0) is 20.5. The summed E-state index contributed by atoms with van der Waals surface area (Å²) in [7, 11) is 3.09. The zero-order valence-corrected chi connectivity index (χ0v) is 15.9. The second-order valence-corrected chi connectivity index (χ2v) is 6.57. The summed E-state index contributed by atoms with van der Waals surface area (Å²) in [5.74, 6) is -0.428.